The first-order chi connectivity index (χ1) is 40.5. The SMILES string of the molecule is CC/C=C\C/C=C\C/C=C\C/C=C\CCCCCCCCCCCCCCCCCCC(=O)OCC(COC(=O)CCCCCCCCC/C=C\C/C=C\CCCCC)OC(=O)CCCCCCCCC/C=C\CCCCCCCCC. The second-order valence-corrected chi connectivity index (χ2v) is 23.8. The molecule has 0 aliphatic heterocycles. The molecule has 0 aliphatic carbocycles. The van der Waals surface area contributed by atoms with Crippen LogP contribution in [-0.4, -0.2) is 37.2 Å². The van der Waals surface area contributed by atoms with Crippen LogP contribution in [0.15, 0.2) is 85.1 Å². The summed E-state index contributed by atoms with van der Waals surface area (Å²) in [6.07, 6.45) is 93.2. The fourth-order valence-corrected chi connectivity index (χ4v) is 10.3. The van der Waals surface area contributed by atoms with E-state index in [0.29, 0.717) is 19.3 Å². The van der Waals surface area contributed by atoms with Crippen molar-refractivity contribution < 1.29 is 28.6 Å². The van der Waals surface area contributed by atoms with Crippen LogP contribution < -0.4 is 0 Å². The molecular formula is C76H134O6. The van der Waals surface area contributed by atoms with Crippen molar-refractivity contribution in [1.82, 2.24) is 0 Å². The molecular weight excluding hydrogens is 1010 g/mol. The Morgan fingerprint density at radius 3 is 0.780 bits per heavy atom. The summed E-state index contributed by atoms with van der Waals surface area (Å²) in [6.45, 7) is 6.54. The van der Waals surface area contributed by atoms with Crippen molar-refractivity contribution in [1.29, 1.82) is 0 Å². The topological polar surface area (TPSA) is 78.9 Å². The molecule has 0 N–H and O–H groups in total. The molecule has 0 aliphatic rings. The highest BCUT2D eigenvalue weighted by Gasteiger charge is 2.19. The Bertz CT molecular complexity index is 1550. The van der Waals surface area contributed by atoms with Crippen molar-refractivity contribution in [2.75, 3.05) is 13.2 Å². The van der Waals surface area contributed by atoms with Crippen LogP contribution in [0.3, 0.4) is 0 Å². The Hall–Kier alpha value is -3.41. The lowest BCUT2D eigenvalue weighted by molar-refractivity contribution is -0.167. The van der Waals surface area contributed by atoms with E-state index >= 15 is 0 Å². The maximum atomic E-state index is 13.0. The molecule has 0 aromatic carbocycles. The molecule has 6 heteroatoms. The predicted molar refractivity (Wildman–Crippen MR) is 358 cm³/mol. The smallest absolute Gasteiger partial charge is 0.306 e. The Morgan fingerprint density at radius 1 is 0.256 bits per heavy atom. The second-order valence-electron chi connectivity index (χ2n) is 23.8. The fourth-order valence-electron chi connectivity index (χ4n) is 10.3. The largest absolute Gasteiger partial charge is 0.462 e. The predicted octanol–water partition coefficient (Wildman–Crippen LogP) is 24.6. The first-order valence-electron chi connectivity index (χ1n) is 35.6. The van der Waals surface area contributed by atoms with E-state index in [9.17, 15) is 14.4 Å². The minimum absolute atomic E-state index is 0.0775. The molecule has 82 heavy (non-hydrogen) atoms. The van der Waals surface area contributed by atoms with Gasteiger partial charge in [0.05, 0.1) is 0 Å². The maximum absolute atomic E-state index is 13.0. The molecule has 0 heterocycles. The molecule has 0 fully saturated rings. The normalized spacial score (nSPS) is 12.6. The van der Waals surface area contributed by atoms with Gasteiger partial charge in [-0.05, 0) is 116 Å². The molecule has 0 radical (unpaired) electrons. The van der Waals surface area contributed by atoms with Gasteiger partial charge in [0, 0.05) is 19.3 Å². The lowest BCUT2D eigenvalue weighted by Gasteiger charge is -2.18. The summed E-state index contributed by atoms with van der Waals surface area (Å²) >= 11 is 0. The van der Waals surface area contributed by atoms with Crippen LogP contribution >= 0.6 is 0 Å². The number of ether oxygens (including phenoxy) is 3. The molecule has 0 bridgehead atoms. The van der Waals surface area contributed by atoms with E-state index in [-0.39, 0.29) is 31.1 Å². The highest BCUT2D eigenvalue weighted by Crippen LogP contribution is 2.17. The van der Waals surface area contributed by atoms with Gasteiger partial charge in [-0.25, -0.2) is 0 Å². The monoisotopic (exact) mass is 1140 g/mol. The van der Waals surface area contributed by atoms with Crippen LogP contribution in [-0.2, 0) is 28.6 Å². The van der Waals surface area contributed by atoms with Gasteiger partial charge in [-0.15, -0.1) is 0 Å². The molecule has 0 aromatic rings. The van der Waals surface area contributed by atoms with Gasteiger partial charge >= 0.3 is 17.9 Å². The first kappa shape index (κ1) is 78.6. The number of carbonyl (C=O) groups excluding carboxylic acids is 3. The van der Waals surface area contributed by atoms with Crippen LogP contribution in [0.2, 0.25) is 0 Å². The van der Waals surface area contributed by atoms with Crippen molar-refractivity contribution in [2.24, 2.45) is 0 Å². The lowest BCUT2D eigenvalue weighted by Crippen LogP contribution is -2.30. The van der Waals surface area contributed by atoms with E-state index in [1.807, 2.05) is 0 Å². The summed E-state index contributed by atoms with van der Waals surface area (Å²) in [5.41, 5.74) is 0. The third kappa shape index (κ3) is 67.4. The Labute approximate surface area is 509 Å². The van der Waals surface area contributed by atoms with Gasteiger partial charge in [0.1, 0.15) is 13.2 Å². The van der Waals surface area contributed by atoms with Gasteiger partial charge in [-0.1, -0.05) is 311 Å². The number of hydrogen-bond donors (Lipinski definition) is 0. The Kier molecular flexibility index (Phi) is 67.2. The second kappa shape index (κ2) is 70.1. The summed E-state index contributed by atoms with van der Waals surface area (Å²) in [7, 11) is 0. The van der Waals surface area contributed by atoms with Gasteiger partial charge in [-0.3, -0.25) is 14.4 Å². The molecule has 0 rings (SSSR count). The van der Waals surface area contributed by atoms with Gasteiger partial charge in [-0.2, -0.15) is 0 Å². The van der Waals surface area contributed by atoms with Gasteiger partial charge in [0.25, 0.3) is 0 Å². The summed E-state index contributed by atoms with van der Waals surface area (Å²) in [5, 5.41) is 0. The minimum Gasteiger partial charge on any atom is -0.462 e. The van der Waals surface area contributed by atoms with Crippen LogP contribution in [0.25, 0.3) is 0 Å². The zero-order valence-electron chi connectivity index (χ0n) is 54.5. The average Bonchev–Trinajstić information content (AvgIpc) is 3.47. The number of unbranched alkanes of at least 4 members (excludes halogenated alkanes) is 40. The van der Waals surface area contributed by atoms with Gasteiger partial charge < -0.3 is 14.2 Å². The highest BCUT2D eigenvalue weighted by molar-refractivity contribution is 5.71. The minimum atomic E-state index is -0.783. The summed E-state index contributed by atoms with van der Waals surface area (Å²) in [5.74, 6) is -0.870. The quantitative estimate of drug-likeness (QED) is 0.0261. The van der Waals surface area contributed by atoms with Gasteiger partial charge in [0.15, 0.2) is 6.10 Å². The van der Waals surface area contributed by atoms with Crippen molar-refractivity contribution in [2.45, 2.75) is 367 Å². The number of rotatable bonds is 65. The van der Waals surface area contributed by atoms with Crippen LogP contribution in [0.5, 0.6) is 0 Å². The van der Waals surface area contributed by atoms with E-state index in [0.717, 1.165) is 96.3 Å². The standard InChI is InChI=1S/C76H134O6/c1-4-7-10-13-16-19-22-25-28-31-33-34-35-36-37-38-39-40-41-42-43-46-48-51-54-57-60-63-66-69-75(78)81-72-73(71-80-74(77)68-65-62-59-56-53-50-47-44-30-27-24-21-18-15-12-9-6-3)82-76(79)70-67-64-61-58-55-52-49-45-32-29-26-23-20-17-14-11-8-5-2/h7,10,16,18-19,21,25,27-30,32-34,73H,4-6,8-9,11-15,17,20,22-24,26,31,35-72H2,1-3H3/b10-7-,19-16-,21-18-,28-25-,30-27-,32-29-,34-33-. The Morgan fingerprint density at radius 2 is 0.476 bits per heavy atom. The number of allylic oxidation sites excluding steroid dienone is 14. The summed E-state index contributed by atoms with van der Waals surface area (Å²) in [4.78, 5) is 38.5. The van der Waals surface area contributed by atoms with Crippen molar-refractivity contribution >= 4 is 17.9 Å². The number of esters is 3. The lowest BCUT2D eigenvalue weighted by atomic mass is 10.0. The van der Waals surface area contributed by atoms with Crippen molar-refractivity contribution in [3.05, 3.63) is 85.1 Å². The number of carbonyl (C=O) groups is 3. The van der Waals surface area contributed by atoms with Crippen molar-refractivity contribution in [3.63, 3.8) is 0 Å². The number of hydrogen-bond acceptors (Lipinski definition) is 6. The molecule has 0 amide bonds. The fraction of sp³-hybridized carbons (Fsp3) is 0.776. The summed E-state index contributed by atoms with van der Waals surface area (Å²) < 4.78 is 17.0. The third-order valence-electron chi connectivity index (χ3n) is 15.6. The molecule has 0 saturated heterocycles. The average molecular weight is 1140 g/mol. The van der Waals surface area contributed by atoms with Crippen LogP contribution in [0.1, 0.15) is 361 Å². The first-order valence-corrected chi connectivity index (χ1v) is 35.6. The van der Waals surface area contributed by atoms with E-state index in [2.05, 4.69) is 106 Å². The van der Waals surface area contributed by atoms with E-state index in [1.54, 1.807) is 0 Å². The molecule has 6 nitrogen and oxygen atoms in total. The van der Waals surface area contributed by atoms with E-state index in [1.165, 1.54) is 225 Å². The zero-order chi connectivity index (χ0) is 59.2. The van der Waals surface area contributed by atoms with Crippen molar-refractivity contribution in [3.8, 4) is 0 Å². The molecule has 1 atom stereocenters. The zero-order valence-corrected chi connectivity index (χ0v) is 54.5. The summed E-state index contributed by atoms with van der Waals surface area (Å²) in [6, 6.07) is 0. The molecule has 0 spiro atoms. The molecule has 474 valence electrons. The van der Waals surface area contributed by atoms with Crippen LogP contribution in [0, 0.1) is 0 Å². The van der Waals surface area contributed by atoms with Crippen LogP contribution in [0.4, 0.5) is 0 Å². The molecule has 0 saturated carbocycles. The molecule has 0 aromatic heterocycles. The highest BCUT2D eigenvalue weighted by atomic mass is 16.6. The maximum Gasteiger partial charge on any atom is 0.306 e. The van der Waals surface area contributed by atoms with E-state index < -0.39 is 6.10 Å². The Balaban J connectivity index is 4.28. The third-order valence-corrected chi connectivity index (χ3v) is 15.6. The van der Waals surface area contributed by atoms with E-state index in [4.69, 9.17) is 14.2 Å². The van der Waals surface area contributed by atoms with Gasteiger partial charge in [0.2, 0.25) is 0 Å². The molecule has 1 unspecified atom stereocenters.